The van der Waals surface area contributed by atoms with E-state index in [2.05, 4.69) is 26.2 Å². The Morgan fingerprint density at radius 2 is 1.80 bits per heavy atom. The lowest BCUT2D eigenvalue weighted by Crippen LogP contribution is -2.31. The average molecular weight is 227 g/mol. The van der Waals surface area contributed by atoms with Crippen molar-refractivity contribution in [3.8, 4) is 0 Å². The second-order valence-electron chi connectivity index (χ2n) is 5.04. The summed E-state index contributed by atoms with van der Waals surface area (Å²) >= 11 is 5.84. The maximum Gasteiger partial charge on any atom is 0.0465 e. The van der Waals surface area contributed by atoms with Gasteiger partial charge in [0.15, 0.2) is 0 Å². The molecule has 0 heterocycles. The highest BCUT2D eigenvalue weighted by molar-refractivity contribution is 6.30. The van der Waals surface area contributed by atoms with Gasteiger partial charge in [-0.15, -0.1) is 0 Å². The van der Waals surface area contributed by atoms with Crippen molar-refractivity contribution in [3.63, 3.8) is 0 Å². The van der Waals surface area contributed by atoms with E-state index in [1.165, 1.54) is 5.56 Å². The van der Waals surface area contributed by atoms with Gasteiger partial charge in [0.2, 0.25) is 0 Å². The smallest absolute Gasteiger partial charge is 0.0465 e. The summed E-state index contributed by atoms with van der Waals surface area (Å²) in [6, 6.07) is 7.99. The van der Waals surface area contributed by atoms with E-state index in [1.807, 2.05) is 24.3 Å². The highest BCUT2D eigenvalue weighted by Gasteiger charge is 2.18. The summed E-state index contributed by atoms with van der Waals surface area (Å²) in [5.74, 6) is 5.57. The zero-order valence-corrected chi connectivity index (χ0v) is 10.3. The molecule has 0 amide bonds. The van der Waals surface area contributed by atoms with Gasteiger partial charge in [-0.05, 0) is 29.5 Å². The van der Waals surface area contributed by atoms with Crippen molar-refractivity contribution in [3.05, 3.63) is 34.9 Å². The molecule has 0 aromatic heterocycles. The largest absolute Gasteiger partial charge is 0.271 e. The van der Waals surface area contributed by atoms with E-state index in [0.717, 1.165) is 11.4 Å². The molecule has 0 radical (unpaired) electrons. The van der Waals surface area contributed by atoms with Crippen LogP contribution in [0.2, 0.25) is 5.02 Å². The molecular weight excluding hydrogens is 208 g/mol. The van der Waals surface area contributed by atoms with E-state index in [1.54, 1.807) is 0 Å². The predicted molar refractivity (Wildman–Crippen MR) is 65.6 cm³/mol. The third-order valence-electron chi connectivity index (χ3n) is 2.29. The molecule has 15 heavy (non-hydrogen) atoms. The summed E-state index contributed by atoms with van der Waals surface area (Å²) in [6.45, 7) is 6.60. The molecule has 0 aliphatic rings. The number of hydrogen-bond donors (Lipinski definition) is 2. The van der Waals surface area contributed by atoms with Crippen LogP contribution in [0.1, 0.15) is 38.8 Å². The Hall–Kier alpha value is -0.570. The van der Waals surface area contributed by atoms with Gasteiger partial charge >= 0.3 is 0 Å². The first kappa shape index (κ1) is 12.5. The quantitative estimate of drug-likeness (QED) is 0.613. The second-order valence-corrected chi connectivity index (χ2v) is 5.47. The van der Waals surface area contributed by atoms with Crippen molar-refractivity contribution in [1.29, 1.82) is 0 Å². The third kappa shape index (κ3) is 4.20. The number of hydrogen-bond acceptors (Lipinski definition) is 2. The van der Waals surface area contributed by atoms with Gasteiger partial charge in [-0.2, -0.15) is 0 Å². The van der Waals surface area contributed by atoms with Crippen LogP contribution in [0.5, 0.6) is 0 Å². The van der Waals surface area contributed by atoms with Gasteiger partial charge in [-0.3, -0.25) is 11.3 Å². The Bertz CT molecular complexity index is 300. The van der Waals surface area contributed by atoms with E-state index in [0.29, 0.717) is 0 Å². The fraction of sp³-hybridized carbons (Fsp3) is 0.500. The molecule has 1 aromatic carbocycles. The molecule has 1 aromatic rings. The van der Waals surface area contributed by atoms with E-state index in [4.69, 9.17) is 17.4 Å². The van der Waals surface area contributed by atoms with E-state index >= 15 is 0 Å². The van der Waals surface area contributed by atoms with Gasteiger partial charge in [-0.25, -0.2) is 0 Å². The maximum atomic E-state index is 5.84. The van der Waals surface area contributed by atoms with Crippen molar-refractivity contribution in [1.82, 2.24) is 5.43 Å². The monoisotopic (exact) mass is 226 g/mol. The first-order chi connectivity index (χ1) is 6.92. The van der Waals surface area contributed by atoms with Crippen LogP contribution >= 0.6 is 11.6 Å². The molecule has 84 valence electrons. The number of hydrazine groups is 1. The van der Waals surface area contributed by atoms with Gasteiger partial charge < -0.3 is 0 Å². The maximum absolute atomic E-state index is 5.84. The van der Waals surface area contributed by atoms with Crippen molar-refractivity contribution in [2.45, 2.75) is 33.2 Å². The van der Waals surface area contributed by atoms with Gasteiger partial charge in [-0.1, -0.05) is 44.5 Å². The fourth-order valence-corrected chi connectivity index (χ4v) is 1.71. The Balaban J connectivity index is 2.79. The van der Waals surface area contributed by atoms with E-state index in [9.17, 15) is 0 Å². The predicted octanol–water partition coefficient (Wildman–Crippen LogP) is 3.28. The highest BCUT2D eigenvalue weighted by Crippen LogP contribution is 2.29. The molecule has 0 saturated carbocycles. The van der Waals surface area contributed by atoms with Gasteiger partial charge in [0.05, 0.1) is 0 Å². The van der Waals surface area contributed by atoms with E-state index < -0.39 is 0 Å². The van der Waals surface area contributed by atoms with Crippen LogP contribution in [0, 0.1) is 5.41 Å². The summed E-state index contributed by atoms with van der Waals surface area (Å²) in [5, 5.41) is 0.755. The Labute approximate surface area is 96.8 Å². The zero-order chi connectivity index (χ0) is 11.5. The second kappa shape index (κ2) is 4.97. The SMILES string of the molecule is CC(C)(C)CC(NN)c1ccc(Cl)cc1. The molecule has 0 fully saturated rings. The number of nitrogens with two attached hydrogens (primary N) is 1. The summed E-state index contributed by atoms with van der Waals surface area (Å²) < 4.78 is 0. The van der Waals surface area contributed by atoms with Crippen LogP contribution in [0.25, 0.3) is 0 Å². The summed E-state index contributed by atoms with van der Waals surface area (Å²) in [7, 11) is 0. The number of benzene rings is 1. The van der Waals surface area contributed by atoms with Crippen LogP contribution in [-0.4, -0.2) is 0 Å². The molecule has 0 spiro atoms. The molecule has 3 heteroatoms. The Morgan fingerprint density at radius 3 is 2.20 bits per heavy atom. The van der Waals surface area contributed by atoms with Gasteiger partial charge in [0.25, 0.3) is 0 Å². The first-order valence-electron chi connectivity index (χ1n) is 5.14. The minimum absolute atomic E-state index is 0.183. The van der Waals surface area contributed by atoms with Gasteiger partial charge in [0.1, 0.15) is 0 Å². The molecular formula is C12H19ClN2. The first-order valence-corrected chi connectivity index (χ1v) is 5.52. The molecule has 3 N–H and O–H groups in total. The molecule has 0 saturated heterocycles. The van der Waals surface area contributed by atoms with Crippen molar-refractivity contribution in [2.24, 2.45) is 11.3 Å². The van der Waals surface area contributed by atoms with Crippen molar-refractivity contribution in [2.75, 3.05) is 0 Å². The van der Waals surface area contributed by atoms with Crippen molar-refractivity contribution < 1.29 is 0 Å². The van der Waals surface area contributed by atoms with E-state index in [-0.39, 0.29) is 11.5 Å². The summed E-state index contributed by atoms with van der Waals surface area (Å²) in [6.07, 6.45) is 0.991. The van der Waals surface area contributed by atoms with Crippen LogP contribution in [-0.2, 0) is 0 Å². The fourth-order valence-electron chi connectivity index (χ4n) is 1.58. The minimum Gasteiger partial charge on any atom is -0.271 e. The molecule has 1 rings (SSSR count). The van der Waals surface area contributed by atoms with Crippen LogP contribution in [0.3, 0.4) is 0 Å². The van der Waals surface area contributed by atoms with Crippen LogP contribution in [0.4, 0.5) is 0 Å². The zero-order valence-electron chi connectivity index (χ0n) is 9.55. The van der Waals surface area contributed by atoms with Crippen molar-refractivity contribution >= 4 is 11.6 Å². The molecule has 1 atom stereocenters. The number of nitrogens with one attached hydrogen (secondary N) is 1. The lowest BCUT2D eigenvalue weighted by atomic mass is 9.86. The number of halogens is 1. The molecule has 0 bridgehead atoms. The molecule has 1 unspecified atom stereocenters. The lowest BCUT2D eigenvalue weighted by molar-refractivity contribution is 0.313. The summed E-state index contributed by atoms with van der Waals surface area (Å²) in [4.78, 5) is 0. The molecule has 0 aliphatic carbocycles. The highest BCUT2D eigenvalue weighted by atomic mass is 35.5. The van der Waals surface area contributed by atoms with Crippen LogP contribution < -0.4 is 11.3 Å². The topological polar surface area (TPSA) is 38.0 Å². The standard InChI is InChI=1S/C12H19ClN2/c1-12(2,3)8-11(15-14)9-4-6-10(13)7-5-9/h4-7,11,15H,8,14H2,1-3H3. The Morgan fingerprint density at radius 1 is 1.27 bits per heavy atom. The van der Waals surface area contributed by atoms with Gasteiger partial charge in [0, 0.05) is 11.1 Å². The Kier molecular flexibility index (Phi) is 4.14. The summed E-state index contributed by atoms with van der Waals surface area (Å²) in [5.41, 5.74) is 4.28. The number of rotatable bonds is 3. The van der Waals surface area contributed by atoms with Crippen LogP contribution in [0.15, 0.2) is 24.3 Å². The lowest BCUT2D eigenvalue weighted by Gasteiger charge is -2.25. The molecule has 2 nitrogen and oxygen atoms in total. The normalized spacial score (nSPS) is 13.9. The minimum atomic E-state index is 0.183. The average Bonchev–Trinajstić information content (AvgIpc) is 2.14. The third-order valence-corrected chi connectivity index (χ3v) is 2.54. The molecule has 0 aliphatic heterocycles.